The molecule has 0 atom stereocenters. The van der Waals surface area contributed by atoms with Gasteiger partial charge in [0.05, 0.1) is 4.92 Å². The number of para-hydroxylation sites is 1. The first-order chi connectivity index (χ1) is 9.40. The molecule has 0 aliphatic heterocycles. The van der Waals surface area contributed by atoms with Crippen molar-refractivity contribution in [1.82, 2.24) is 4.72 Å². The molecule has 0 heterocycles. The molecular weight excluding hydrogens is 302 g/mol. The smallest absolute Gasteiger partial charge is 0.312 e. The first kappa shape index (κ1) is 16.7. The molecular formula is C11H17N3O4S2. The van der Waals surface area contributed by atoms with Gasteiger partial charge >= 0.3 is 5.69 Å². The van der Waals surface area contributed by atoms with Crippen molar-refractivity contribution in [2.24, 2.45) is 0 Å². The van der Waals surface area contributed by atoms with Gasteiger partial charge in [0.2, 0.25) is 10.0 Å². The Kier molecular flexibility index (Phi) is 6.24. The Morgan fingerprint density at radius 3 is 2.70 bits per heavy atom. The van der Waals surface area contributed by atoms with Gasteiger partial charge in [-0.25, -0.2) is 13.1 Å². The van der Waals surface area contributed by atoms with Crippen molar-refractivity contribution in [3.8, 4) is 0 Å². The Bertz CT molecular complexity index is 575. The molecule has 7 nitrogen and oxygen atoms in total. The zero-order chi connectivity index (χ0) is 15.2. The SMILES string of the molecule is CSCCCCNS(=O)(=O)c1cccc(N)c1[N+](=O)[O-]. The van der Waals surface area contributed by atoms with Crippen molar-refractivity contribution < 1.29 is 13.3 Å². The topological polar surface area (TPSA) is 115 Å². The number of hydrogen-bond acceptors (Lipinski definition) is 6. The lowest BCUT2D eigenvalue weighted by molar-refractivity contribution is -0.386. The van der Waals surface area contributed by atoms with E-state index in [4.69, 9.17) is 5.73 Å². The van der Waals surface area contributed by atoms with E-state index in [1.807, 2.05) is 6.26 Å². The van der Waals surface area contributed by atoms with Crippen LogP contribution in [0.3, 0.4) is 0 Å². The van der Waals surface area contributed by atoms with Gasteiger partial charge in [0.15, 0.2) is 4.90 Å². The Labute approximate surface area is 122 Å². The molecule has 1 aromatic rings. The number of nitro benzene ring substituents is 1. The van der Waals surface area contributed by atoms with E-state index in [2.05, 4.69) is 4.72 Å². The number of nitrogens with one attached hydrogen (secondary N) is 1. The van der Waals surface area contributed by atoms with E-state index in [1.54, 1.807) is 11.8 Å². The Morgan fingerprint density at radius 1 is 1.40 bits per heavy atom. The largest absolute Gasteiger partial charge is 0.393 e. The predicted octanol–water partition coefficient (Wildman–Crippen LogP) is 1.60. The lowest BCUT2D eigenvalue weighted by Gasteiger charge is -2.08. The number of thioether (sulfide) groups is 1. The lowest BCUT2D eigenvalue weighted by atomic mass is 10.3. The maximum atomic E-state index is 12.1. The van der Waals surface area contributed by atoms with Gasteiger partial charge < -0.3 is 5.73 Å². The van der Waals surface area contributed by atoms with E-state index >= 15 is 0 Å². The number of sulfonamides is 1. The van der Waals surface area contributed by atoms with E-state index in [0.29, 0.717) is 6.42 Å². The molecule has 0 saturated carbocycles. The third-order valence-electron chi connectivity index (χ3n) is 2.57. The fourth-order valence-corrected chi connectivity index (χ4v) is 3.37. The van der Waals surface area contributed by atoms with Crippen molar-refractivity contribution in [3.05, 3.63) is 28.3 Å². The second-order valence-corrected chi connectivity index (χ2v) is 6.77. The summed E-state index contributed by atoms with van der Waals surface area (Å²) >= 11 is 1.68. The van der Waals surface area contributed by atoms with Crippen LogP contribution < -0.4 is 10.5 Å². The summed E-state index contributed by atoms with van der Waals surface area (Å²) in [5, 5.41) is 10.9. The van der Waals surface area contributed by atoms with Gasteiger partial charge in [0, 0.05) is 6.54 Å². The van der Waals surface area contributed by atoms with Crippen molar-refractivity contribution >= 4 is 33.2 Å². The Balaban J connectivity index is 2.88. The van der Waals surface area contributed by atoms with Crippen LogP contribution in [-0.4, -0.2) is 31.9 Å². The number of rotatable bonds is 8. The van der Waals surface area contributed by atoms with Crippen LogP contribution in [0, 0.1) is 10.1 Å². The highest BCUT2D eigenvalue weighted by Crippen LogP contribution is 2.29. The van der Waals surface area contributed by atoms with E-state index < -0.39 is 25.5 Å². The molecule has 0 bridgehead atoms. The highest BCUT2D eigenvalue weighted by Gasteiger charge is 2.27. The molecule has 0 saturated heterocycles. The van der Waals surface area contributed by atoms with Crippen molar-refractivity contribution in [3.63, 3.8) is 0 Å². The summed E-state index contributed by atoms with van der Waals surface area (Å²) in [4.78, 5) is 9.76. The van der Waals surface area contributed by atoms with Crippen LogP contribution in [0.15, 0.2) is 23.1 Å². The molecule has 3 N–H and O–H groups in total. The van der Waals surface area contributed by atoms with Gasteiger partial charge in [0.25, 0.3) is 0 Å². The number of nitrogens with zero attached hydrogens (tertiary/aromatic N) is 1. The minimum absolute atomic E-state index is 0.166. The average Bonchev–Trinajstić information content (AvgIpc) is 2.37. The molecule has 0 aliphatic rings. The van der Waals surface area contributed by atoms with Crippen molar-refractivity contribution in [2.75, 3.05) is 24.3 Å². The molecule has 1 rings (SSSR count). The van der Waals surface area contributed by atoms with Crippen LogP contribution in [-0.2, 0) is 10.0 Å². The van der Waals surface area contributed by atoms with Crippen LogP contribution in [0.25, 0.3) is 0 Å². The van der Waals surface area contributed by atoms with Gasteiger partial charge in [-0.05, 0) is 37.0 Å². The minimum Gasteiger partial charge on any atom is -0.393 e. The van der Waals surface area contributed by atoms with Crippen LogP contribution in [0.5, 0.6) is 0 Å². The predicted molar refractivity (Wildman–Crippen MR) is 80.3 cm³/mol. The van der Waals surface area contributed by atoms with Crippen LogP contribution in [0.2, 0.25) is 0 Å². The molecule has 0 aromatic heterocycles. The van der Waals surface area contributed by atoms with Gasteiger partial charge in [0.1, 0.15) is 5.69 Å². The Morgan fingerprint density at radius 2 is 2.10 bits per heavy atom. The fourth-order valence-electron chi connectivity index (χ4n) is 1.61. The van der Waals surface area contributed by atoms with Gasteiger partial charge in [-0.2, -0.15) is 11.8 Å². The van der Waals surface area contributed by atoms with E-state index in [0.717, 1.165) is 12.2 Å². The standard InChI is InChI=1S/C11H17N3O4S2/c1-19-8-3-2-7-13-20(17,18)10-6-4-5-9(12)11(10)14(15)16/h4-6,13H,2-3,7-8,12H2,1H3. The quantitative estimate of drug-likeness (QED) is 0.325. The third-order valence-corrected chi connectivity index (χ3v) is 4.76. The molecule has 0 aliphatic carbocycles. The highest BCUT2D eigenvalue weighted by atomic mass is 32.2. The maximum absolute atomic E-state index is 12.1. The minimum atomic E-state index is -3.92. The highest BCUT2D eigenvalue weighted by molar-refractivity contribution is 7.98. The van der Waals surface area contributed by atoms with Crippen molar-refractivity contribution in [1.29, 1.82) is 0 Å². The average molecular weight is 319 g/mol. The zero-order valence-electron chi connectivity index (χ0n) is 11.0. The van der Waals surface area contributed by atoms with Crippen LogP contribution >= 0.6 is 11.8 Å². The summed E-state index contributed by atoms with van der Waals surface area (Å²) in [5.74, 6) is 0.945. The summed E-state index contributed by atoms with van der Waals surface area (Å²) in [5.41, 5.74) is 4.73. The van der Waals surface area contributed by atoms with Gasteiger partial charge in [-0.3, -0.25) is 10.1 Å². The van der Waals surface area contributed by atoms with E-state index in [1.165, 1.54) is 18.2 Å². The third kappa shape index (κ3) is 4.36. The Hall–Kier alpha value is -1.32. The molecule has 112 valence electrons. The summed E-state index contributed by atoms with van der Waals surface area (Å²) < 4.78 is 26.5. The van der Waals surface area contributed by atoms with E-state index in [9.17, 15) is 18.5 Å². The van der Waals surface area contributed by atoms with Crippen LogP contribution in [0.4, 0.5) is 11.4 Å². The van der Waals surface area contributed by atoms with Crippen LogP contribution in [0.1, 0.15) is 12.8 Å². The van der Waals surface area contributed by atoms with Gasteiger partial charge in [-0.15, -0.1) is 0 Å². The van der Waals surface area contributed by atoms with Crippen molar-refractivity contribution in [2.45, 2.75) is 17.7 Å². The number of nitro groups is 1. The normalized spacial score (nSPS) is 11.4. The zero-order valence-corrected chi connectivity index (χ0v) is 12.7. The molecule has 20 heavy (non-hydrogen) atoms. The number of benzene rings is 1. The second kappa shape index (κ2) is 7.46. The number of nitrogens with two attached hydrogens (primary N) is 1. The first-order valence-corrected chi connectivity index (χ1v) is 8.79. The summed E-state index contributed by atoms with van der Waals surface area (Å²) in [6.07, 6.45) is 3.53. The number of nitrogen functional groups attached to an aromatic ring is 1. The summed E-state index contributed by atoms with van der Waals surface area (Å²) in [6.45, 7) is 0.245. The number of unbranched alkanes of at least 4 members (excludes halogenated alkanes) is 1. The summed E-state index contributed by atoms with van der Waals surface area (Å²) in [7, 11) is -3.92. The molecule has 0 radical (unpaired) electrons. The second-order valence-electron chi connectivity index (χ2n) is 4.05. The monoisotopic (exact) mass is 319 g/mol. The molecule has 0 amide bonds. The number of hydrogen-bond donors (Lipinski definition) is 2. The molecule has 1 aromatic carbocycles. The molecule has 0 unspecified atom stereocenters. The van der Waals surface area contributed by atoms with Gasteiger partial charge in [-0.1, -0.05) is 6.07 Å². The summed E-state index contributed by atoms with van der Waals surface area (Å²) in [6, 6.07) is 3.86. The fraction of sp³-hybridized carbons (Fsp3) is 0.455. The molecule has 0 fully saturated rings. The van der Waals surface area contributed by atoms with E-state index in [-0.39, 0.29) is 12.2 Å². The molecule has 0 spiro atoms. The maximum Gasteiger partial charge on any atom is 0.312 e. The lowest BCUT2D eigenvalue weighted by Crippen LogP contribution is -2.25. The first-order valence-electron chi connectivity index (χ1n) is 5.91. The molecule has 9 heteroatoms. The number of anilines is 1.